The van der Waals surface area contributed by atoms with Crippen LogP contribution in [-0.4, -0.2) is 22.3 Å². The Labute approximate surface area is 186 Å². The first kappa shape index (κ1) is 22.1. The predicted octanol–water partition coefficient (Wildman–Crippen LogP) is 5.15. The van der Waals surface area contributed by atoms with Crippen molar-refractivity contribution in [2.45, 2.75) is 27.3 Å². The number of aryl methyl sites for hydroxylation is 2. The number of nitrogens with zero attached hydrogens (tertiary/aromatic N) is 3. The SMILES string of the molecule is CCOc1ccccc1NC(=O)/C(C#N)=C/c1c(C)nn(Cc2ccc(C)cc2)c1Cl. The van der Waals surface area contributed by atoms with Gasteiger partial charge in [-0.25, -0.2) is 4.68 Å². The summed E-state index contributed by atoms with van der Waals surface area (Å²) in [5, 5.41) is 17.2. The molecule has 0 atom stereocenters. The van der Waals surface area contributed by atoms with Crippen molar-refractivity contribution < 1.29 is 9.53 Å². The van der Waals surface area contributed by atoms with E-state index >= 15 is 0 Å². The van der Waals surface area contributed by atoms with Gasteiger partial charge in [-0.3, -0.25) is 4.79 Å². The molecule has 0 saturated carbocycles. The van der Waals surface area contributed by atoms with Gasteiger partial charge in [-0.15, -0.1) is 0 Å². The first-order chi connectivity index (χ1) is 14.9. The molecule has 31 heavy (non-hydrogen) atoms. The molecule has 7 heteroatoms. The van der Waals surface area contributed by atoms with Gasteiger partial charge in [0.1, 0.15) is 22.5 Å². The fourth-order valence-corrected chi connectivity index (χ4v) is 3.33. The summed E-state index contributed by atoms with van der Waals surface area (Å²) in [6, 6.07) is 17.1. The average Bonchev–Trinajstić information content (AvgIpc) is 3.02. The lowest BCUT2D eigenvalue weighted by atomic mass is 10.1. The largest absolute Gasteiger partial charge is 0.492 e. The van der Waals surface area contributed by atoms with E-state index in [1.807, 2.05) is 50.2 Å². The smallest absolute Gasteiger partial charge is 0.266 e. The lowest BCUT2D eigenvalue weighted by Crippen LogP contribution is -2.14. The molecule has 6 nitrogen and oxygen atoms in total. The number of benzene rings is 2. The van der Waals surface area contributed by atoms with Gasteiger partial charge in [0.05, 0.1) is 24.5 Å². The molecule has 3 aromatic rings. The van der Waals surface area contributed by atoms with Gasteiger partial charge in [0.25, 0.3) is 5.91 Å². The summed E-state index contributed by atoms with van der Waals surface area (Å²) in [5.41, 5.74) is 3.81. The number of amides is 1. The number of carbonyl (C=O) groups is 1. The normalized spacial score (nSPS) is 11.1. The lowest BCUT2D eigenvalue weighted by molar-refractivity contribution is -0.112. The van der Waals surface area contributed by atoms with Gasteiger partial charge in [-0.2, -0.15) is 10.4 Å². The zero-order valence-electron chi connectivity index (χ0n) is 17.6. The maximum atomic E-state index is 12.7. The van der Waals surface area contributed by atoms with Gasteiger partial charge in [-0.05, 0) is 44.5 Å². The van der Waals surface area contributed by atoms with Gasteiger partial charge in [-0.1, -0.05) is 53.6 Å². The monoisotopic (exact) mass is 434 g/mol. The van der Waals surface area contributed by atoms with E-state index < -0.39 is 5.91 Å². The molecule has 2 aromatic carbocycles. The maximum Gasteiger partial charge on any atom is 0.266 e. The van der Waals surface area contributed by atoms with Crippen LogP contribution in [-0.2, 0) is 11.3 Å². The Balaban J connectivity index is 1.85. The number of anilines is 1. The summed E-state index contributed by atoms with van der Waals surface area (Å²) in [4.78, 5) is 12.7. The highest BCUT2D eigenvalue weighted by molar-refractivity contribution is 6.31. The topological polar surface area (TPSA) is 79.9 Å². The molecule has 0 unspecified atom stereocenters. The Morgan fingerprint density at radius 3 is 2.61 bits per heavy atom. The average molecular weight is 435 g/mol. The molecule has 0 saturated heterocycles. The molecule has 0 spiro atoms. The fraction of sp³-hybridized carbons (Fsp3) is 0.208. The van der Waals surface area contributed by atoms with Crippen molar-refractivity contribution in [1.82, 2.24) is 9.78 Å². The number of aromatic nitrogens is 2. The van der Waals surface area contributed by atoms with Crippen LogP contribution in [0.25, 0.3) is 6.08 Å². The minimum absolute atomic E-state index is 0.0776. The molecule has 1 amide bonds. The lowest BCUT2D eigenvalue weighted by Gasteiger charge is -2.10. The van der Waals surface area contributed by atoms with E-state index in [4.69, 9.17) is 16.3 Å². The van der Waals surface area contributed by atoms with Crippen LogP contribution in [0.15, 0.2) is 54.1 Å². The number of rotatable bonds is 7. The third-order valence-electron chi connectivity index (χ3n) is 4.65. The van der Waals surface area contributed by atoms with Gasteiger partial charge in [0.15, 0.2) is 0 Å². The van der Waals surface area contributed by atoms with E-state index in [2.05, 4.69) is 10.4 Å². The third kappa shape index (κ3) is 5.33. The summed E-state index contributed by atoms with van der Waals surface area (Å²) < 4.78 is 7.18. The zero-order chi connectivity index (χ0) is 22.4. The summed E-state index contributed by atoms with van der Waals surface area (Å²) in [7, 11) is 0. The second-order valence-corrected chi connectivity index (χ2v) is 7.34. The molecule has 0 aliphatic carbocycles. The Hall–Kier alpha value is -3.56. The van der Waals surface area contributed by atoms with Crippen LogP contribution in [0.4, 0.5) is 5.69 Å². The third-order valence-corrected chi connectivity index (χ3v) is 5.05. The van der Waals surface area contributed by atoms with Gasteiger partial charge < -0.3 is 10.1 Å². The molecule has 1 heterocycles. The number of para-hydroxylation sites is 2. The van der Waals surface area contributed by atoms with Crippen molar-refractivity contribution in [2.75, 3.05) is 11.9 Å². The van der Waals surface area contributed by atoms with Gasteiger partial charge in [0, 0.05) is 5.56 Å². The summed E-state index contributed by atoms with van der Waals surface area (Å²) in [5.74, 6) is -0.00725. The van der Waals surface area contributed by atoms with Crippen molar-refractivity contribution in [3.8, 4) is 11.8 Å². The van der Waals surface area contributed by atoms with Crippen LogP contribution in [0.2, 0.25) is 5.15 Å². The highest BCUT2D eigenvalue weighted by Gasteiger charge is 2.17. The number of carbonyl (C=O) groups excluding carboxylic acids is 1. The molecule has 1 aromatic heterocycles. The molecule has 1 N–H and O–H groups in total. The van der Waals surface area contributed by atoms with E-state index in [-0.39, 0.29) is 5.57 Å². The number of hydrogen-bond acceptors (Lipinski definition) is 4. The standard InChI is InChI=1S/C24H23ClN4O2/c1-4-31-22-8-6-5-7-21(22)27-24(30)19(14-26)13-20-17(3)28-29(23(20)25)15-18-11-9-16(2)10-12-18/h5-13H,4,15H2,1-3H3,(H,27,30)/b19-13+. The van der Waals surface area contributed by atoms with Crippen molar-refractivity contribution >= 4 is 29.3 Å². The molecular formula is C24H23ClN4O2. The summed E-state index contributed by atoms with van der Waals surface area (Å²) in [6.07, 6.45) is 1.47. The number of ether oxygens (including phenoxy) is 1. The van der Waals surface area contributed by atoms with Crippen LogP contribution in [0.5, 0.6) is 5.75 Å². The molecule has 0 bridgehead atoms. The fourth-order valence-electron chi connectivity index (χ4n) is 3.04. The number of nitrogens with one attached hydrogen (secondary N) is 1. The van der Waals surface area contributed by atoms with Crippen molar-refractivity contribution in [2.24, 2.45) is 0 Å². The number of hydrogen-bond donors (Lipinski definition) is 1. The molecular weight excluding hydrogens is 412 g/mol. The van der Waals surface area contributed by atoms with Crippen molar-refractivity contribution in [3.63, 3.8) is 0 Å². The van der Waals surface area contributed by atoms with E-state index in [0.29, 0.717) is 41.0 Å². The van der Waals surface area contributed by atoms with Crippen LogP contribution < -0.4 is 10.1 Å². The first-order valence-electron chi connectivity index (χ1n) is 9.86. The summed E-state index contributed by atoms with van der Waals surface area (Å²) in [6.45, 7) is 6.63. The van der Waals surface area contributed by atoms with E-state index in [1.165, 1.54) is 11.6 Å². The van der Waals surface area contributed by atoms with Gasteiger partial charge in [0.2, 0.25) is 0 Å². The maximum absolute atomic E-state index is 12.7. The Bertz CT molecular complexity index is 1160. The first-order valence-corrected chi connectivity index (χ1v) is 10.2. The van der Waals surface area contributed by atoms with Crippen LogP contribution in [0, 0.1) is 25.2 Å². The Kier molecular flexibility index (Phi) is 7.11. The Morgan fingerprint density at radius 1 is 1.23 bits per heavy atom. The minimum atomic E-state index is -0.545. The Morgan fingerprint density at radius 2 is 1.94 bits per heavy atom. The number of nitriles is 1. The zero-order valence-corrected chi connectivity index (χ0v) is 18.4. The van der Waals surface area contributed by atoms with Crippen LogP contribution in [0.3, 0.4) is 0 Å². The minimum Gasteiger partial charge on any atom is -0.492 e. The second-order valence-electron chi connectivity index (χ2n) is 6.99. The van der Waals surface area contributed by atoms with Crippen LogP contribution >= 0.6 is 11.6 Å². The highest BCUT2D eigenvalue weighted by Crippen LogP contribution is 2.26. The second kappa shape index (κ2) is 9.96. The quantitative estimate of drug-likeness (QED) is 0.412. The highest BCUT2D eigenvalue weighted by atomic mass is 35.5. The van der Waals surface area contributed by atoms with E-state index in [1.54, 1.807) is 29.8 Å². The molecule has 3 rings (SSSR count). The summed E-state index contributed by atoms with van der Waals surface area (Å²) >= 11 is 6.54. The molecule has 0 fully saturated rings. The van der Waals surface area contributed by atoms with Crippen LogP contribution in [0.1, 0.15) is 29.3 Å². The number of halogens is 1. The molecule has 0 aliphatic rings. The molecule has 0 radical (unpaired) electrons. The van der Waals surface area contributed by atoms with Gasteiger partial charge >= 0.3 is 0 Å². The molecule has 0 aliphatic heterocycles. The van der Waals surface area contributed by atoms with Crippen molar-refractivity contribution in [1.29, 1.82) is 5.26 Å². The predicted molar refractivity (Wildman–Crippen MR) is 122 cm³/mol. The van der Waals surface area contributed by atoms with Crippen molar-refractivity contribution in [3.05, 3.63) is 81.6 Å². The molecule has 158 valence electrons. The van der Waals surface area contributed by atoms with E-state index in [0.717, 1.165) is 5.56 Å². The van der Waals surface area contributed by atoms with E-state index in [9.17, 15) is 10.1 Å².